The molecule has 0 bridgehead atoms. The maximum Gasteiger partial charge on any atom is 0.109 e. The van der Waals surface area contributed by atoms with Crippen molar-refractivity contribution in [1.29, 1.82) is 0 Å². The topological polar surface area (TPSA) is 87.4 Å². The third kappa shape index (κ3) is 2.05. The highest BCUT2D eigenvalue weighted by atomic mass is 16.4. The van der Waals surface area contributed by atoms with Crippen LogP contribution in [-0.2, 0) is 0 Å². The van der Waals surface area contributed by atoms with Gasteiger partial charge in [-0.3, -0.25) is 0 Å². The SMILES string of the molecule is CN(C)N1C[C@H](O)[C@@H](O)[C@H](O)[C@@H]1CO. The van der Waals surface area contributed by atoms with Gasteiger partial charge in [-0.25, -0.2) is 10.0 Å². The van der Waals surface area contributed by atoms with Crippen LogP contribution in [0.5, 0.6) is 0 Å². The van der Waals surface area contributed by atoms with Crippen molar-refractivity contribution in [3.63, 3.8) is 0 Å². The summed E-state index contributed by atoms with van der Waals surface area (Å²) < 4.78 is 0. The molecule has 4 N–H and O–H groups in total. The third-order valence-corrected chi connectivity index (χ3v) is 2.60. The van der Waals surface area contributed by atoms with E-state index >= 15 is 0 Å². The zero-order valence-corrected chi connectivity index (χ0v) is 8.41. The van der Waals surface area contributed by atoms with Crippen LogP contribution < -0.4 is 0 Å². The summed E-state index contributed by atoms with van der Waals surface area (Å²) in [4.78, 5) is 0. The van der Waals surface area contributed by atoms with Crippen LogP contribution in [0.1, 0.15) is 0 Å². The summed E-state index contributed by atoms with van der Waals surface area (Å²) in [6.45, 7) is -0.0560. The predicted molar refractivity (Wildman–Crippen MR) is 49.3 cm³/mol. The molecule has 0 spiro atoms. The Hall–Kier alpha value is -0.240. The Labute approximate surface area is 83.0 Å². The van der Waals surface area contributed by atoms with Crippen LogP contribution in [0.2, 0.25) is 0 Å². The van der Waals surface area contributed by atoms with E-state index in [0.29, 0.717) is 0 Å². The summed E-state index contributed by atoms with van der Waals surface area (Å²) in [5, 5.41) is 40.8. The molecule has 1 aliphatic heterocycles. The van der Waals surface area contributed by atoms with Crippen LogP contribution in [0, 0.1) is 0 Å². The standard InChI is InChI=1S/C8H18N2O4/c1-9(2)10-3-6(12)8(14)7(13)5(10)4-11/h5-8,11-14H,3-4H2,1-2H3/t5-,6-,7+,8+/m0/s1. The van der Waals surface area contributed by atoms with Crippen LogP contribution in [0.3, 0.4) is 0 Å². The van der Waals surface area contributed by atoms with Gasteiger partial charge in [-0.2, -0.15) is 0 Å². The minimum atomic E-state index is -1.19. The molecule has 0 unspecified atom stereocenters. The Morgan fingerprint density at radius 2 is 1.79 bits per heavy atom. The number of rotatable bonds is 2. The van der Waals surface area contributed by atoms with Gasteiger partial charge in [0.2, 0.25) is 0 Å². The lowest BCUT2D eigenvalue weighted by atomic mass is 9.96. The quantitative estimate of drug-likeness (QED) is 0.391. The number of β-amino-alcohol motifs (C(OH)–C–C–N with tert-alkyl or cyclic N) is 1. The lowest BCUT2D eigenvalue weighted by molar-refractivity contribution is -0.192. The second-order valence-electron chi connectivity index (χ2n) is 3.77. The van der Waals surface area contributed by atoms with Gasteiger partial charge < -0.3 is 20.4 Å². The second-order valence-corrected chi connectivity index (χ2v) is 3.77. The first-order valence-corrected chi connectivity index (χ1v) is 4.58. The molecule has 0 aromatic carbocycles. The molecule has 0 aromatic rings. The van der Waals surface area contributed by atoms with Crippen molar-refractivity contribution >= 4 is 0 Å². The number of hydrazine groups is 1. The minimum Gasteiger partial charge on any atom is -0.395 e. The van der Waals surface area contributed by atoms with Gasteiger partial charge in [0.15, 0.2) is 0 Å². The van der Waals surface area contributed by atoms with E-state index in [1.165, 1.54) is 0 Å². The highest BCUT2D eigenvalue weighted by Gasteiger charge is 2.41. The Morgan fingerprint density at radius 1 is 1.21 bits per heavy atom. The maximum absolute atomic E-state index is 9.59. The van der Waals surface area contributed by atoms with Crippen molar-refractivity contribution in [2.45, 2.75) is 24.4 Å². The molecule has 0 amide bonds. The molecule has 1 fully saturated rings. The average Bonchev–Trinajstić information content (AvgIpc) is 2.13. The van der Waals surface area contributed by atoms with Crippen molar-refractivity contribution in [1.82, 2.24) is 10.0 Å². The molecule has 0 radical (unpaired) electrons. The molecular weight excluding hydrogens is 188 g/mol. The van der Waals surface area contributed by atoms with Gasteiger partial charge in [-0.15, -0.1) is 0 Å². The van der Waals surface area contributed by atoms with Gasteiger partial charge in [0.25, 0.3) is 0 Å². The average molecular weight is 206 g/mol. The van der Waals surface area contributed by atoms with Crippen molar-refractivity contribution < 1.29 is 20.4 Å². The summed E-state index contributed by atoms with van der Waals surface area (Å²) in [6, 6.07) is -0.566. The first kappa shape index (κ1) is 11.8. The zero-order chi connectivity index (χ0) is 10.9. The molecule has 1 saturated heterocycles. The predicted octanol–water partition coefficient (Wildman–Crippen LogP) is -2.78. The second kappa shape index (κ2) is 4.52. The fourth-order valence-electron chi connectivity index (χ4n) is 1.73. The van der Waals surface area contributed by atoms with Crippen LogP contribution in [0.4, 0.5) is 0 Å². The largest absolute Gasteiger partial charge is 0.395 e. The fourth-order valence-corrected chi connectivity index (χ4v) is 1.73. The van der Waals surface area contributed by atoms with Crippen LogP contribution >= 0.6 is 0 Å². The third-order valence-electron chi connectivity index (χ3n) is 2.60. The number of hydrogen-bond acceptors (Lipinski definition) is 6. The molecule has 6 heteroatoms. The molecule has 14 heavy (non-hydrogen) atoms. The van der Waals surface area contributed by atoms with Crippen molar-refractivity contribution in [3.8, 4) is 0 Å². The summed E-state index contributed by atoms with van der Waals surface area (Å²) in [5.74, 6) is 0. The Kier molecular flexibility index (Phi) is 3.82. The number of aliphatic hydroxyl groups excluding tert-OH is 4. The van der Waals surface area contributed by atoms with Crippen molar-refractivity contribution in [2.24, 2.45) is 0 Å². The molecule has 1 aliphatic rings. The first-order valence-electron chi connectivity index (χ1n) is 4.58. The molecule has 6 nitrogen and oxygen atoms in total. The van der Waals surface area contributed by atoms with E-state index < -0.39 is 24.4 Å². The fraction of sp³-hybridized carbons (Fsp3) is 1.00. The minimum absolute atomic E-state index is 0.205. The maximum atomic E-state index is 9.59. The Morgan fingerprint density at radius 3 is 2.21 bits per heavy atom. The number of nitrogens with zero attached hydrogens (tertiary/aromatic N) is 2. The Balaban J connectivity index is 2.76. The van der Waals surface area contributed by atoms with Gasteiger partial charge >= 0.3 is 0 Å². The van der Waals surface area contributed by atoms with E-state index in [0.717, 1.165) is 0 Å². The molecule has 0 aromatic heterocycles. The van der Waals surface area contributed by atoms with E-state index in [1.807, 2.05) is 0 Å². The monoisotopic (exact) mass is 206 g/mol. The summed E-state index contributed by atoms with van der Waals surface area (Å²) in [6.07, 6.45) is -3.32. The zero-order valence-electron chi connectivity index (χ0n) is 8.41. The normalized spacial score (nSPS) is 40.5. The van der Waals surface area contributed by atoms with E-state index in [9.17, 15) is 15.3 Å². The lowest BCUT2D eigenvalue weighted by Gasteiger charge is -2.45. The summed E-state index contributed by atoms with van der Waals surface area (Å²) in [7, 11) is 3.50. The van der Waals surface area contributed by atoms with E-state index in [-0.39, 0.29) is 13.2 Å². The van der Waals surface area contributed by atoms with Crippen LogP contribution in [0.15, 0.2) is 0 Å². The highest BCUT2D eigenvalue weighted by molar-refractivity contribution is 4.92. The van der Waals surface area contributed by atoms with Crippen LogP contribution in [0.25, 0.3) is 0 Å². The lowest BCUT2D eigenvalue weighted by Crippen LogP contribution is -2.65. The molecule has 0 aliphatic carbocycles. The number of aliphatic hydroxyl groups is 4. The van der Waals surface area contributed by atoms with Gasteiger partial charge in [0.05, 0.1) is 18.8 Å². The molecule has 1 heterocycles. The number of piperidine rings is 1. The van der Waals surface area contributed by atoms with Crippen molar-refractivity contribution in [2.75, 3.05) is 27.2 Å². The highest BCUT2D eigenvalue weighted by Crippen LogP contribution is 2.19. The van der Waals surface area contributed by atoms with Gasteiger partial charge in [-0.1, -0.05) is 0 Å². The molecule has 4 atom stereocenters. The first-order chi connectivity index (χ1) is 6.49. The summed E-state index contributed by atoms with van der Waals surface area (Å²) >= 11 is 0. The summed E-state index contributed by atoms with van der Waals surface area (Å²) in [5.41, 5.74) is 0. The van der Waals surface area contributed by atoms with Gasteiger partial charge in [-0.05, 0) is 0 Å². The van der Waals surface area contributed by atoms with E-state index in [4.69, 9.17) is 5.11 Å². The smallest absolute Gasteiger partial charge is 0.109 e. The molecule has 0 saturated carbocycles. The van der Waals surface area contributed by atoms with Crippen molar-refractivity contribution in [3.05, 3.63) is 0 Å². The van der Waals surface area contributed by atoms with Gasteiger partial charge in [0.1, 0.15) is 12.2 Å². The van der Waals surface area contributed by atoms with E-state index in [1.54, 1.807) is 24.1 Å². The molecule has 84 valence electrons. The van der Waals surface area contributed by atoms with Crippen LogP contribution in [-0.4, -0.2) is 82.0 Å². The molecular formula is C8H18N2O4. The van der Waals surface area contributed by atoms with E-state index in [2.05, 4.69) is 0 Å². The molecule has 1 rings (SSSR count). The Bertz CT molecular complexity index is 190. The number of hydrogen-bond donors (Lipinski definition) is 4. The van der Waals surface area contributed by atoms with Gasteiger partial charge in [0, 0.05) is 20.6 Å².